The molecular formula is C26H40O10. The average Bonchev–Trinajstić information content (AvgIpc) is 3.02. The van der Waals surface area contributed by atoms with Crippen LogP contribution in [0.2, 0.25) is 0 Å². The third-order valence-corrected chi connectivity index (χ3v) is 10.8. The molecule has 5 rings (SSSR count). The molecule has 1 saturated heterocycles. The van der Waals surface area contributed by atoms with Crippen molar-refractivity contribution in [3.05, 3.63) is 12.2 Å². The zero-order valence-electron chi connectivity index (χ0n) is 20.9. The molecule has 10 nitrogen and oxygen atoms in total. The van der Waals surface area contributed by atoms with E-state index in [0.717, 1.165) is 0 Å². The topological polar surface area (TPSA) is 177 Å². The highest BCUT2D eigenvalue weighted by molar-refractivity contribution is 5.77. The van der Waals surface area contributed by atoms with E-state index in [-0.39, 0.29) is 12.3 Å². The van der Waals surface area contributed by atoms with Gasteiger partial charge < -0.3 is 45.2 Å². The summed E-state index contributed by atoms with van der Waals surface area (Å²) in [4.78, 5) is 13.7. The highest BCUT2D eigenvalue weighted by atomic mass is 16.7. The van der Waals surface area contributed by atoms with Crippen LogP contribution in [0.3, 0.4) is 0 Å². The van der Waals surface area contributed by atoms with Gasteiger partial charge in [-0.25, -0.2) is 0 Å². The Labute approximate surface area is 210 Å². The van der Waals surface area contributed by atoms with Gasteiger partial charge in [-0.15, -0.1) is 0 Å². The summed E-state index contributed by atoms with van der Waals surface area (Å²) in [6, 6.07) is 0. The predicted octanol–water partition coefficient (Wildman–Crippen LogP) is -0.789. The Hall–Kier alpha value is -1.11. The molecule has 4 saturated carbocycles. The molecule has 0 aromatic carbocycles. The maximum absolute atomic E-state index is 13.7. The van der Waals surface area contributed by atoms with E-state index in [2.05, 4.69) is 6.58 Å². The van der Waals surface area contributed by atoms with Gasteiger partial charge in [0, 0.05) is 11.3 Å². The van der Waals surface area contributed by atoms with Gasteiger partial charge in [0.2, 0.25) is 6.29 Å². The first-order valence-corrected chi connectivity index (χ1v) is 13.1. The van der Waals surface area contributed by atoms with Gasteiger partial charge in [-0.2, -0.15) is 0 Å². The van der Waals surface area contributed by atoms with Gasteiger partial charge in [-0.1, -0.05) is 19.9 Å². The van der Waals surface area contributed by atoms with Crippen LogP contribution in [0.1, 0.15) is 52.4 Å². The molecule has 7 N–H and O–H groups in total. The molecule has 10 heteroatoms. The molecular weight excluding hydrogens is 472 g/mol. The Balaban J connectivity index is 1.45. The minimum absolute atomic E-state index is 0.0489. The van der Waals surface area contributed by atoms with Crippen molar-refractivity contribution in [2.75, 3.05) is 6.61 Å². The zero-order chi connectivity index (χ0) is 26.4. The fraction of sp³-hybridized carbons (Fsp3) is 0.885. The molecule has 1 heterocycles. The van der Waals surface area contributed by atoms with E-state index >= 15 is 0 Å². The number of hydrogen-bond acceptors (Lipinski definition) is 10. The molecule has 1 aliphatic heterocycles. The van der Waals surface area contributed by atoms with Crippen LogP contribution in [0.4, 0.5) is 0 Å². The van der Waals surface area contributed by atoms with Gasteiger partial charge in [-0.05, 0) is 61.9 Å². The second-order valence-electron chi connectivity index (χ2n) is 12.5. The molecule has 2 bridgehead atoms. The van der Waals surface area contributed by atoms with Crippen molar-refractivity contribution in [2.45, 2.75) is 101 Å². The lowest BCUT2D eigenvalue weighted by atomic mass is 9.39. The SMILES string of the molecule is C=C1[C@@H]2C[C@H](O)[C@H]3[C@]4(C)CCC[C@@](C)(C(=O)O[C@@H]5O[C@H](CO)[C@@H](O)[C@H](O)[C@H]5O)[C@H]4C[C@@H](O)[C@]3(C2)[C@@H]1O. The van der Waals surface area contributed by atoms with Gasteiger partial charge in [0.15, 0.2) is 0 Å². The molecule has 5 aliphatic rings. The van der Waals surface area contributed by atoms with Crippen LogP contribution in [0.25, 0.3) is 0 Å². The number of aliphatic hydroxyl groups is 7. The first-order valence-electron chi connectivity index (χ1n) is 13.1. The molecule has 0 aromatic rings. The van der Waals surface area contributed by atoms with Crippen molar-refractivity contribution < 1.29 is 50.0 Å². The fourth-order valence-corrected chi connectivity index (χ4v) is 9.04. The van der Waals surface area contributed by atoms with Crippen molar-refractivity contribution in [3.63, 3.8) is 0 Å². The largest absolute Gasteiger partial charge is 0.432 e. The van der Waals surface area contributed by atoms with Crippen molar-refractivity contribution in [2.24, 2.45) is 34.0 Å². The van der Waals surface area contributed by atoms with E-state index in [1.807, 2.05) is 6.92 Å². The Morgan fingerprint density at radius 3 is 2.42 bits per heavy atom. The van der Waals surface area contributed by atoms with Gasteiger partial charge in [0.25, 0.3) is 0 Å². The molecule has 14 atom stereocenters. The summed E-state index contributed by atoms with van der Waals surface area (Å²) in [5.74, 6) is -1.56. The Kier molecular flexibility index (Phi) is 6.41. The minimum Gasteiger partial charge on any atom is -0.432 e. The van der Waals surface area contributed by atoms with E-state index in [4.69, 9.17) is 9.47 Å². The molecule has 0 unspecified atom stereocenters. The van der Waals surface area contributed by atoms with Gasteiger partial charge in [-0.3, -0.25) is 4.79 Å². The number of esters is 1. The normalized spacial score (nSPS) is 56.6. The fourth-order valence-electron chi connectivity index (χ4n) is 9.04. The van der Waals surface area contributed by atoms with Crippen molar-refractivity contribution in [1.29, 1.82) is 0 Å². The third kappa shape index (κ3) is 3.35. The van der Waals surface area contributed by atoms with E-state index in [1.165, 1.54) is 0 Å². The molecule has 0 radical (unpaired) electrons. The lowest BCUT2D eigenvalue weighted by molar-refractivity contribution is -0.300. The first kappa shape index (κ1) is 26.5. The molecule has 1 spiro atoms. The Bertz CT molecular complexity index is 909. The number of aliphatic hydroxyl groups excluding tert-OH is 7. The second-order valence-corrected chi connectivity index (χ2v) is 12.5. The lowest BCUT2D eigenvalue weighted by Gasteiger charge is -2.66. The summed E-state index contributed by atoms with van der Waals surface area (Å²) < 4.78 is 11.0. The van der Waals surface area contributed by atoms with Gasteiger partial charge >= 0.3 is 5.97 Å². The molecule has 5 fully saturated rings. The maximum Gasteiger partial charge on any atom is 0.314 e. The number of rotatable bonds is 3. The lowest BCUT2D eigenvalue weighted by Crippen LogP contribution is -2.68. The highest BCUT2D eigenvalue weighted by Gasteiger charge is 2.73. The van der Waals surface area contributed by atoms with E-state index in [0.29, 0.717) is 37.7 Å². The van der Waals surface area contributed by atoms with Crippen LogP contribution in [0, 0.1) is 34.0 Å². The molecule has 0 aromatic heterocycles. The highest BCUT2D eigenvalue weighted by Crippen LogP contribution is 2.72. The first-order chi connectivity index (χ1) is 16.8. The average molecular weight is 513 g/mol. The van der Waals surface area contributed by atoms with Crippen LogP contribution in [0.15, 0.2) is 12.2 Å². The maximum atomic E-state index is 13.7. The monoisotopic (exact) mass is 512 g/mol. The molecule has 0 amide bonds. The predicted molar refractivity (Wildman–Crippen MR) is 124 cm³/mol. The zero-order valence-corrected chi connectivity index (χ0v) is 20.9. The van der Waals surface area contributed by atoms with Crippen molar-refractivity contribution >= 4 is 5.97 Å². The molecule has 204 valence electrons. The number of fused-ring (bicyclic) bond motifs is 3. The molecule has 4 aliphatic carbocycles. The number of carbonyl (C=O) groups excluding carboxylic acids is 1. The van der Waals surface area contributed by atoms with E-state index < -0.39 is 89.7 Å². The van der Waals surface area contributed by atoms with Gasteiger partial charge in [0.1, 0.15) is 24.4 Å². The van der Waals surface area contributed by atoms with Crippen LogP contribution >= 0.6 is 0 Å². The summed E-state index contributed by atoms with van der Waals surface area (Å²) in [5, 5.41) is 74.1. The van der Waals surface area contributed by atoms with Crippen molar-refractivity contribution in [3.8, 4) is 0 Å². The summed E-state index contributed by atoms with van der Waals surface area (Å²) in [5.41, 5.74) is -1.94. The Morgan fingerprint density at radius 1 is 1.06 bits per heavy atom. The van der Waals surface area contributed by atoms with E-state index in [1.54, 1.807) is 6.92 Å². The summed E-state index contributed by atoms with van der Waals surface area (Å²) in [6.07, 6.45) is -7.30. The van der Waals surface area contributed by atoms with Crippen LogP contribution in [-0.4, -0.2) is 97.3 Å². The van der Waals surface area contributed by atoms with E-state index in [9.17, 15) is 40.5 Å². The summed E-state index contributed by atoms with van der Waals surface area (Å²) in [7, 11) is 0. The molecule has 36 heavy (non-hydrogen) atoms. The number of ether oxygens (including phenoxy) is 2. The van der Waals surface area contributed by atoms with Crippen LogP contribution in [0.5, 0.6) is 0 Å². The quantitative estimate of drug-likeness (QED) is 0.187. The standard InChI is InChI=1S/C26H40O10/c1-11-12-7-13(28)20-24(2)5-4-6-25(3,15(24)8-16(29)26(20,9-12)21(11)33)23(34)36-22-19(32)18(31)17(30)14(10-27)35-22/h12-22,27-33H,1,4-10H2,2-3H3/t12-,13+,14-,15+,16-,17-,18+,19-,20+,21-,22+,24-,25-,26+/m1/s1. The van der Waals surface area contributed by atoms with Crippen molar-refractivity contribution in [1.82, 2.24) is 0 Å². The summed E-state index contributed by atoms with van der Waals surface area (Å²) >= 11 is 0. The number of carbonyl (C=O) groups is 1. The van der Waals surface area contributed by atoms with Crippen LogP contribution < -0.4 is 0 Å². The Morgan fingerprint density at radius 2 is 1.75 bits per heavy atom. The van der Waals surface area contributed by atoms with Crippen LogP contribution in [-0.2, 0) is 14.3 Å². The third-order valence-electron chi connectivity index (χ3n) is 10.8. The van der Waals surface area contributed by atoms with Gasteiger partial charge in [0.05, 0.1) is 30.3 Å². The number of hydrogen-bond donors (Lipinski definition) is 7. The second kappa shape index (κ2) is 8.71. The smallest absolute Gasteiger partial charge is 0.314 e. The summed E-state index contributed by atoms with van der Waals surface area (Å²) in [6.45, 7) is 7.23. The minimum atomic E-state index is -1.71.